The summed E-state index contributed by atoms with van der Waals surface area (Å²) < 4.78 is 0. The second-order valence-electron chi connectivity index (χ2n) is 8.43. The molecule has 1 aromatic heterocycles. The van der Waals surface area contributed by atoms with Crippen LogP contribution in [0.4, 0.5) is 5.13 Å². The zero-order chi connectivity index (χ0) is 23.8. The molecular formula is C25H32N4O3S. The quantitative estimate of drug-likeness (QED) is 0.509. The molecule has 1 atom stereocenters. The third kappa shape index (κ3) is 6.74. The Morgan fingerprint density at radius 3 is 2.58 bits per heavy atom. The van der Waals surface area contributed by atoms with Crippen LogP contribution in [0.15, 0.2) is 42.3 Å². The lowest BCUT2D eigenvalue weighted by Crippen LogP contribution is -2.46. The minimum Gasteiger partial charge on any atom is -0.351 e. The molecule has 1 aliphatic rings. The summed E-state index contributed by atoms with van der Waals surface area (Å²) in [6.45, 7) is 7.79. The summed E-state index contributed by atoms with van der Waals surface area (Å²) in [4.78, 5) is 44.8. The molecule has 8 heteroatoms. The van der Waals surface area contributed by atoms with Gasteiger partial charge in [-0.05, 0) is 37.8 Å². The zero-order valence-electron chi connectivity index (χ0n) is 19.3. The zero-order valence-corrected chi connectivity index (χ0v) is 20.1. The third-order valence-electron chi connectivity index (χ3n) is 5.82. The van der Waals surface area contributed by atoms with Crippen LogP contribution in [-0.4, -0.2) is 40.2 Å². The fraction of sp³-hybridized carbons (Fsp3) is 0.440. The van der Waals surface area contributed by atoms with Gasteiger partial charge >= 0.3 is 0 Å². The molecule has 0 bridgehead atoms. The van der Waals surface area contributed by atoms with Crippen molar-refractivity contribution in [3.05, 3.63) is 59.1 Å². The molecule has 2 aromatic rings. The molecule has 0 unspecified atom stereocenters. The maximum absolute atomic E-state index is 13.4. The van der Waals surface area contributed by atoms with Crippen LogP contribution >= 0.6 is 11.3 Å². The number of carbonyl (C=O) groups excluding carboxylic acids is 3. The lowest BCUT2D eigenvalue weighted by Gasteiger charge is -2.32. The van der Waals surface area contributed by atoms with Crippen molar-refractivity contribution in [2.45, 2.75) is 64.5 Å². The molecule has 7 nitrogen and oxygen atoms in total. The highest BCUT2D eigenvalue weighted by molar-refractivity contribution is 7.13. The van der Waals surface area contributed by atoms with Gasteiger partial charge in [0.25, 0.3) is 0 Å². The molecule has 0 aliphatic heterocycles. The Morgan fingerprint density at radius 2 is 1.94 bits per heavy atom. The van der Waals surface area contributed by atoms with Gasteiger partial charge in [0.15, 0.2) is 5.13 Å². The number of carbonyl (C=O) groups is 3. The number of anilines is 1. The molecule has 176 valence electrons. The topological polar surface area (TPSA) is 91.4 Å². The van der Waals surface area contributed by atoms with Gasteiger partial charge in [0, 0.05) is 30.8 Å². The van der Waals surface area contributed by atoms with E-state index in [0.29, 0.717) is 5.13 Å². The lowest BCUT2D eigenvalue weighted by molar-refractivity contribution is -0.141. The Morgan fingerprint density at radius 1 is 1.21 bits per heavy atom. The second kappa shape index (κ2) is 11.7. The molecule has 1 aromatic carbocycles. The standard InChI is InChI=1S/C25H32N4O3S/c1-4-15-29(22(31)14-13-21(30)28-25-26-18(3)16-33-25)23(20-12-8-5-9-17(20)2)24(32)27-19-10-6-7-11-19/h4-5,8-9,12,16,19,23H,1,6-7,10-11,13-15H2,2-3H3,(H,27,32)(H,26,28,30)/t23-/m1/s1. The average molecular weight is 469 g/mol. The van der Waals surface area contributed by atoms with Gasteiger partial charge in [-0.2, -0.15) is 0 Å². The molecule has 33 heavy (non-hydrogen) atoms. The Kier molecular flexibility index (Phi) is 8.77. The van der Waals surface area contributed by atoms with Crippen molar-refractivity contribution in [2.75, 3.05) is 11.9 Å². The van der Waals surface area contributed by atoms with Gasteiger partial charge in [0.1, 0.15) is 6.04 Å². The molecule has 1 saturated carbocycles. The Hall–Kier alpha value is -3.00. The first-order valence-electron chi connectivity index (χ1n) is 11.4. The summed E-state index contributed by atoms with van der Waals surface area (Å²) in [6, 6.07) is 6.97. The van der Waals surface area contributed by atoms with E-state index in [4.69, 9.17) is 0 Å². The Bertz CT molecular complexity index is 997. The molecule has 1 fully saturated rings. The molecule has 0 saturated heterocycles. The summed E-state index contributed by atoms with van der Waals surface area (Å²) in [5, 5.41) is 8.24. The Balaban J connectivity index is 1.76. The van der Waals surface area contributed by atoms with E-state index in [1.165, 1.54) is 16.2 Å². The number of hydrogen-bond acceptors (Lipinski definition) is 5. The van der Waals surface area contributed by atoms with Crippen molar-refractivity contribution >= 4 is 34.2 Å². The smallest absolute Gasteiger partial charge is 0.247 e. The molecule has 1 heterocycles. The molecule has 1 aliphatic carbocycles. The number of rotatable bonds is 10. The summed E-state index contributed by atoms with van der Waals surface area (Å²) in [7, 11) is 0. The van der Waals surface area contributed by atoms with E-state index in [0.717, 1.165) is 42.5 Å². The largest absolute Gasteiger partial charge is 0.351 e. The first-order valence-corrected chi connectivity index (χ1v) is 12.2. The Labute approximate surface area is 199 Å². The summed E-state index contributed by atoms with van der Waals surface area (Å²) in [5.74, 6) is -0.733. The maximum atomic E-state index is 13.4. The van der Waals surface area contributed by atoms with Crippen molar-refractivity contribution in [2.24, 2.45) is 0 Å². The predicted molar refractivity (Wildman–Crippen MR) is 131 cm³/mol. The lowest BCUT2D eigenvalue weighted by atomic mass is 9.98. The van der Waals surface area contributed by atoms with Gasteiger partial charge < -0.3 is 15.5 Å². The number of amides is 3. The number of thiazole rings is 1. The summed E-state index contributed by atoms with van der Waals surface area (Å²) in [6.07, 6.45) is 5.73. The number of nitrogens with zero attached hydrogens (tertiary/aromatic N) is 2. The van der Waals surface area contributed by atoms with Crippen LogP contribution in [0.1, 0.15) is 61.4 Å². The van der Waals surface area contributed by atoms with E-state index >= 15 is 0 Å². The van der Waals surface area contributed by atoms with Crippen LogP contribution in [0.25, 0.3) is 0 Å². The monoisotopic (exact) mass is 468 g/mol. The number of aryl methyl sites for hydroxylation is 2. The van der Waals surface area contributed by atoms with Crippen molar-refractivity contribution in [1.29, 1.82) is 0 Å². The van der Waals surface area contributed by atoms with Gasteiger partial charge in [-0.1, -0.05) is 43.2 Å². The minimum absolute atomic E-state index is 0.00976. The van der Waals surface area contributed by atoms with Crippen LogP contribution < -0.4 is 10.6 Å². The minimum atomic E-state index is -0.776. The average Bonchev–Trinajstić information content (AvgIpc) is 3.44. The van der Waals surface area contributed by atoms with Crippen molar-refractivity contribution in [1.82, 2.24) is 15.2 Å². The molecule has 0 radical (unpaired) electrons. The van der Waals surface area contributed by atoms with E-state index in [1.807, 2.05) is 43.5 Å². The molecule has 3 amide bonds. The maximum Gasteiger partial charge on any atom is 0.247 e. The van der Waals surface area contributed by atoms with Gasteiger partial charge in [-0.15, -0.1) is 17.9 Å². The van der Waals surface area contributed by atoms with Crippen LogP contribution in [0.2, 0.25) is 0 Å². The van der Waals surface area contributed by atoms with Gasteiger partial charge in [0.05, 0.1) is 5.69 Å². The first-order chi connectivity index (χ1) is 15.9. The third-order valence-corrected chi connectivity index (χ3v) is 6.70. The number of hydrogen-bond donors (Lipinski definition) is 2. The highest BCUT2D eigenvalue weighted by Gasteiger charge is 2.33. The second-order valence-corrected chi connectivity index (χ2v) is 9.28. The molecular weight excluding hydrogens is 436 g/mol. The SMILES string of the molecule is C=CCN(C(=O)CCC(=O)Nc1nc(C)cs1)[C@@H](C(=O)NC1CCCC1)c1ccccc1C. The molecule has 2 N–H and O–H groups in total. The van der Waals surface area contributed by atoms with E-state index in [9.17, 15) is 14.4 Å². The van der Waals surface area contributed by atoms with Gasteiger partial charge in [-0.25, -0.2) is 4.98 Å². The van der Waals surface area contributed by atoms with E-state index in [1.54, 1.807) is 6.08 Å². The fourth-order valence-electron chi connectivity index (χ4n) is 4.14. The summed E-state index contributed by atoms with van der Waals surface area (Å²) >= 11 is 1.34. The van der Waals surface area contributed by atoms with Gasteiger partial charge in [0.2, 0.25) is 17.7 Å². The van der Waals surface area contributed by atoms with Crippen LogP contribution in [-0.2, 0) is 14.4 Å². The van der Waals surface area contributed by atoms with Crippen LogP contribution in [0.5, 0.6) is 0 Å². The van der Waals surface area contributed by atoms with Crippen molar-refractivity contribution < 1.29 is 14.4 Å². The molecule has 3 rings (SSSR count). The normalized spacial score (nSPS) is 14.5. The van der Waals surface area contributed by atoms with Crippen LogP contribution in [0, 0.1) is 13.8 Å². The number of nitrogens with one attached hydrogen (secondary N) is 2. The van der Waals surface area contributed by atoms with Crippen molar-refractivity contribution in [3.63, 3.8) is 0 Å². The fourth-order valence-corrected chi connectivity index (χ4v) is 4.85. The summed E-state index contributed by atoms with van der Waals surface area (Å²) in [5.41, 5.74) is 2.55. The van der Waals surface area contributed by atoms with Crippen LogP contribution in [0.3, 0.4) is 0 Å². The molecule has 0 spiro atoms. The number of aromatic nitrogens is 1. The number of benzene rings is 1. The highest BCUT2D eigenvalue weighted by atomic mass is 32.1. The predicted octanol–water partition coefficient (Wildman–Crippen LogP) is 4.29. The van der Waals surface area contributed by atoms with E-state index < -0.39 is 6.04 Å². The van der Waals surface area contributed by atoms with E-state index in [-0.39, 0.29) is 43.1 Å². The first kappa shape index (κ1) is 24.6. The van der Waals surface area contributed by atoms with Crippen molar-refractivity contribution in [3.8, 4) is 0 Å². The van der Waals surface area contributed by atoms with E-state index in [2.05, 4.69) is 22.2 Å². The van der Waals surface area contributed by atoms with Gasteiger partial charge in [-0.3, -0.25) is 14.4 Å². The highest BCUT2D eigenvalue weighted by Crippen LogP contribution is 2.27.